The molecule has 0 aromatic carbocycles. The van der Waals surface area contributed by atoms with Gasteiger partial charge in [0.25, 0.3) is 0 Å². The zero-order valence-electron chi connectivity index (χ0n) is 7.59. The Morgan fingerprint density at radius 3 is 2.20 bits per heavy atom. The largest absolute Gasteiger partial charge is 0.318 e. The van der Waals surface area contributed by atoms with E-state index in [0.29, 0.717) is 12.7 Å². The average molecular weight is 144 g/mol. The second-order valence-electron chi connectivity index (χ2n) is 3.07. The number of hydrogen-bond donors (Lipinski definition) is 1. The standard InChI is InChI=1S/C8H20N2/c1-5-7(2)8(3)10(4)6-9/h7-8H,5-6,9H2,1-4H3. The lowest BCUT2D eigenvalue weighted by molar-refractivity contribution is 0.200. The summed E-state index contributed by atoms with van der Waals surface area (Å²) in [6, 6.07) is 0.606. The number of rotatable bonds is 4. The lowest BCUT2D eigenvalue weighted by atomic mass is 10.0. The van der Waals surface area contributed by atoms with Crippen LogP contribution in [-0.4, -0.2) is 24.7 Å². The molecule has 2 unspecified atom stereocenters. The highest BCUT2D eigenvalue weighted by Gasteiger charge is 2.12. The summed E-state index contributed by atoms with van der Waals surface area (Å²) in [6.45, 7) is 7.36. The maximum absolute atomic E-state index is 5.49. The van der Waals surface area contributed by atoms with Crippen molar-refractivity contribution in [3.05, 3.63) is 0 Å². The molecule has 0 heterocycles. The predicted molar refractivity (Wildman–Crippen MR) is 45.7 cm³/mol. The summed E-state index contributed by atoms with van der Waals surface area (Å²) in [7, 11) is 2.07. The molecule has 0 aliphatic rings. The molecule has 2 nitrogen and oxygen atoms in total. The number of hydrogen-bond acceptors (Lipinski definition) is 2. The minimum atomic E-state index is 0.606. The van der Waals surface area contributed by atoms with Crippen LogP contribution in [0.1, 0.15) is 27.2 Å². The lowest BCUT2D eigenvalue weighted by Gasteiger charge is -2.27. The summed E-state index contributed by atoms with van der Waals surface area (Å²) >= 11 is 0. The summed E-state index contributed by atoms with van der Waals surface area (Å²) in [5, 5.41) is 0. The van der Waals surface area contributed by atoms with Crippen molar-refractivity contribution in [2.24, 2.45) is 11.7 Å². The van der Waals surface area contributed by atoms with Gasteiger partial charge in [0, 0.05) is 12.7 Å². The van der Waals surface area contributed by atoms with Gasteiger partial charge in [0.1, 0.15) is 0 Å². The first-order valence-corrected chi connectivity index (χ1v) is 4.03. The normalized spacial score (nSPS) is 17.4. The van der Waals surface area contributed by atoms with Gasteiger partial charge in [0.15, 0.2) is 0 Å². The van der Waals surface area contributed by atoms with Crippen molar-refractivity contribution < 1.29 is 0 Å². The van der Waals surface area contributed by atoms with E-state index in [1.165, 1.54) is 6.42 Å². The fourth-order valence-electron chi connectivity index (χ4n) is 0.942. The Labute approximate surface area is 64.4 Å². The summed E-state index contributed by atoms with van der Waals surface area (Å²) in [4.78, 5) is 2.17. The molecule has 62 valence electrons. The smallest absolute Gasteiger partial charge is 0.0455 e. The molecule has 10 heavy (non-hydrogen) atoms. The lowest BCUT2D eigenvalue weighted by Crippen LogP contribution is -2.37. The first-order chi connectivity index (χ1) is 4.63. The summed E-state index contributed by atoms with van der Waals surface area (Å²) in [5.41, 5.74) is 5.49. The molecule has 2 atom stereocenters. The maximum Gasteiger partial charge on any atom is 0.0455 e. The average Bonchev–Trinajstić information content (AvgIpc) is 2.00. The Hall–Kier alpha value is -0.0800. The molecule has 0 spiro atoms. The molecule has 0 aliphatic carbocycles. The van der Waals surface area contributed by atoms with Gasteiger partial charge in [-0.15, -0.1) is 0 Å². The molecule has 0 radical (unpaired) electrons. The quantitative estimate of drug-likeness (QED) is 0.602. The van der Waals surface area contributed by atoms with Crippen LogP contribution < -0.4 is 5.73 Å². The Kier molecular flexibility index (Phi) is 4.65. The van der Waals surface area contributed by atoms with Crippen LogP contribution in [0.3, 0.4) is 0 Å². The van der Waals surface area contributed by atoms with Crippen molar-refractivity contribution in [3.8, 4) is 0 Å². The minimum absolute atomic E-state index is 0.606. The molecule has 0 aromatic heterocycles. The zero-order valence-corrected chi connectivity index (χ0v) is 7.59. The van der Waals surface area contributed by atoms with E-state index in [1.807, 2.05) is 0 Å². The molecule has 0 aliphatic heterocycles. The molecule has 0 saturated carbocycles. The van der Waals surface area contributed by atoms with Crippen molar-refractivity contribution >= 4 is 0 Å². The van der Waals surface area contributed by atoms with Gasteiger partial charge < -0.3 is 5.73 Å². The molecular weight excluding hydrogens is 124 g/mol. The molecule has 0 rings (SSSR count). The van der Waals surface area contributed by atoms with Crippen LogP contribution in [0.2, 0.25) is 0 Å². The Morgan fingerprint density at radius 2 is 1.90 bits per heavy atom. The third-order valence-electron chi connectivity index (χ3n) is 2.45. The van der Waals surface area contributed by atoms with Gasteiger partial charge in [-0.05, 0) is 19.9 Å². The van der Waals surface area contributed by atoms with Gasteiger partial charge in [-0.2, -0.15) is 0 Å². The van der Waals surface area contributed by atoms with E-state index < -0.39 is 0 Å². The fraction of sp³-hybridized carbons (Fsp3) is 1.00. The van der Waals surface area contributed by atoms with Crippen LogP contribution in [0.4, 0.5) is 0 Å². The SMILES string of the molecule is CCC(C)C(C)N(C)CN. The molecule has 2 N–H and O–H groups in total. The van der Waals surface area contributed by atoms with Crippen molar-refractivity contribution in [2.75, 3.05) is 13.7 Å². The van der Waals surface area contributed by atoms with Gasteiger partial charge in [-0.25, -0.2) is 0 Å². The highest BCUT2D eigenvalue weighted by molar-refractivity contribution is 4.67. The van der Waals surface area contributed by atoms with E-state index >= 15 is 0 Å². The molecule has 0 aromatic rings. The van der Waals surface area contributed by atoms with Crippen LogP contribution in [0.25, 0.3) is 0 Å². The Bertz CT molecular complexity index is 73.3. The molecular formula is C8H20N2. The van der Waals surface area contributed by atoms with Crippen molar-refractivity contribution in [1.82, 2.24) is 4.90 Å². The third-order valence-corrected chi connectivity index (χ3v) is 2.45. The van der Waals surface area contributed by atoms with E-state index in [2.05, 4.69) is 32.7 Å². The molecule has 0 fully saturated rings. The highest BCUT2D eigenvalue weighted by atomic mass is 15.2. The van der Waals surface area contributed by atoms with Gasteiger partial charge in [0.2, 0.25) is 0 Å². The Morgan fingerprint density at radius 1 is 1.40 bits per heavy atom. The molecule has 0 bridgehead atoms. The van der Waals surface area contributed by atoms with Gasteiger partial charge in [-0.1, -0.05) is 20.3 Å². The van der Waals surface area contributed by atoms with Crippen LogP contribution in [0, 0.1) is 5.92 Å². The maximum atomic E-state index is 5.49. The second-order valence-corrected chi connectivity index (χ2v) is 3.07. The molecule has 0 saturated heterocycles. The third kappa shape index (κ3) is 2.67. The van der Waals surface area contributed by atoms with Crippen molar-refractivity contribution in [3.63, 3.8) is 0 Å². The number of nitrogens with zero attached hydrogens (tertiary/aromatic N) is 1. The van der Waals surface area contributed by atoms with Crippen LogP contribution in [0.5, 0.6) is 0 Å². The highest BCUT2D eigenvalue weighted by Crippen LogP contribution is 2.10. The molecule has 0 amide bonds. The van der Waals surface area contributed by atoms with Crippen LogP contribution in [-0.2, 0) is 0 Å². The first-order valence-electron chi connectivity index (χ1n) is 4.03. The van der Waals surface area contributed by atoms with Gasteiger partial charge in [-0.3, -0.25) is 4.90 Å². The second kappa shape index (κ2) is 4.69. The predicted octanol–water partition coefficient (Wildman–Crippen LogP) is 1.27. The van der Waals surface area contributed by atoms with E-state index in [1.54, 1.807) is 0 Å². The van der Waals surface area contributed by atoms with Crippen LogP contribution >= 0.6 is 0 Å². The summed E-state index contributed by atoms with van der Waals surface area (Å²) in [5.74, 6) is 0.744. The topological polar surface area (TPSA) is 29.3 Å². The Balaban J connectivity index is 3.69. The fourth-order valence-corrected chi connectivity index (χ4v) is 0.942. The van der Waals surface area contributed by atoms with Crippen molar-refractivity contribution in [2.45, 2.75) is 33.2 Å². The summed E-state index contributed by atoms with van der Waals surface area (Å²) in [6.07, 6.45) is 1.23. The van der Waals surface area contributed by atoms with E-state index in [9.17, 15) is 0 Å². The van der Waals surface area contributed by atoms with E-state index in [4.69, 9.17) is 5.73 Å². The zero-order chi connectivity index (χ0) is 8.15. The van der Waals surface area contributed by atoms with Crippen molar-refractivity contribution in [1.29, 1.82) is 0 Å². The molecule has 2 heteroatoms. The number of nitrogens with two attached hydrogens (primary N) is 1. The van der Waals surface area contributed by atoms with Gasteiger partial charge >= 0.3 is 0 Å². The summed E-state index contributed by atoms with van der Waals surface area (Å²) < 4.78 is 0. The van der Waals surface area contributed by atoms with E-state index in [-0.39, 0.29) is 0 Å². The first kappa shape index (κ1) is 9.92. The van der Waals surface area contributed by atoms with Crippen LogP contribution in [0.15, 0.2) is 0 Å². The monoisotopic (exact) mass is 144 g/mol. The van der Waals surface area contributed by atoms with Gasteiger partial charge in [0.05, 0.1) is 0 Å². The van der Waals surface area contributed by atoms with E-state index in [0.717, 1.165) is 5.92 Å². The minimum Gasteiger partial charge on any atom is -0.318 e.